The van der Waals surface area contributed by atoms with Gasteiger partial charge in [0.25, 0.3) is 0 Å². The van der Waals surface area contributed by atoms with Gasteiger partial charge in [0.05, 0.1) is 0 Å². The standard InChI is InChI=1S/C6H8N3O/c1-9(2)6(10)5(3-7)4-8-9/h4,7H,1-2H3/q+1. The van der Waals surface area contributed by atoms with Gasteiger partial charge in [-0.15, -0.1) is 4.59 Å². The summed E-state index contributed by atoms with van der Waals surface area (Å²) in [7, 11) is 3.31. The largest absolute Gasteiger partial charge is 0.382 e. The van der Waals surface area contributed by atoms with Crippen molar-refractivity contribution in [3.63, 3.8) is 0 Å². The van der Waals surface area contributed by atoms with E-state index in [0.717, 1.165) is 0 Å². The lowest BCUT2D eigenvalue weighted by Gasteiger charge is -2.11. The van der Waals surface area contributed by atoms with Gasteiger partial charge in [-0.25, -0.2) is 4.79 Å². The molecule has 52 valence electrons. The van der Waals surface area contributed by atoms with Crippen molar-refractivity contribution in [3.05, 3.63) is 5.57 Å². The van der Waals surface area contributed by atoms with Crippen LogP contribution in [-0.2, 0) is 4.79 Å². The molecule has 0 saturated carbocycles. The summed E-state index contributed by atoms with van der Waals surface area (Å²) in [5.41, 5.74) is 0.241. The molecule has 0 atom stereocenters. The third kappa shape index (κ3) is 0.795. The number of carbonyl (C=O) groups excluding carboxylic acids is 1. The minimum absolute atomic E-state index is 0.0544. The second-order valence-corrected chi connectivity index (χ2v) is 2.48. The molecule has 1 heterocycles. The molecule has 0 unspecified atom stereocenters. The average molecular weight is 138 g/mol. The molecule has 0 aromatic carbocycles. The van der Waals surface area contributed by atoms with Gasteiger partial charge in [0.15, 0.2) is 5.57 Å². The van der Waals surface area contributed by atoms with Crippen molar-refractivity contribution in [1.82, 2.24) is 0 Å². The topological polar surface area (TPSA) is 53.3 Å². The molecule has 1 aliphatic rings. The van der Waals surface area contributed by atoms with Gasteiger partial charge in [-0.1, -0.05) is 5.10 Å². The predicted octanol–water partition coefficient (Wildman–Crippen LogP) is -0.236. The van der Waals surface area contributed by atoms with E-state index in [1.807, 2.05) is 5.87 Å². The molecule has 1 N–H and O–H groups in total. The molecule has 1 rings (SSSR count). The minimum atomic E-state index is -0.185. The van der Waals surface area contributed by atoms with Gasteiger partial charge in [-0.2, -0.15) is 0 Å². The van der Waals surface area contributed by atoms with Crippen LogP contribution in [0.1, 0.15) is 0 Å². The maximum atomic E-state index is 11.1. The van der Waals surface area contributed by atoms with Gasteiger partial charge < -0.3 is 0 Å². The third-order valence-corrected chi connectivity index (χ3v) is 1.34. The van der Waals surface area contributed by atoms with Crippen LogP contribution in [0, 0.1) is 5.41 Å². The molecule has 1 amide bonds. The summed E-state index contributed by atoms with van der Waals surface area (Å²) in [4.78, 5) is 11.1. The van der Waals surface area contributed by atoms with E-state index in [1.165, 1.54) is 6.21 Å². The van der Waals surface area contributed by atoms with Crippen molar-refractivity contribution in [2.24, 2.45) is 5.10 Å². The number of hydrogen-bond donors (Lipinski definition) is 1. The van der Waals surface area contributed by atoms with Gasteiger partial charge in [0, 0.05) is 0 Å². The number of quaternary nitrogens is 1. The number of carbonyl (C=O) groups is 1. The fourth-order valence-corrected chi connectivity index (χ4v) is 0.690. The Kier molecular flexibility index (Phi) is 1.28. The highest BCUT2D eigenvalue weighted by molar-refractivity contribution is 6.18. The number of nitrogens with one attached hydrogen (secondary N) is 1. The Labute approximate surface area is 58.6 Å². The zero-order valence-corrected chi connectivity index (χ0v) is 5.88. The van der Waals surface area contributed by atoms with E-state index in [-0.39, 0.29) is 16.1 Å². The number of hydrogen-bond acceptors (Lipinski definition) is 3. The van der Waals surface area contributed by atoms with Crippen LogP contribution in [0.5, 0.6) is 0 Å². The van der Waals surface area contributed by atoms with E-state index < -0.39 is 0 Å². The van der Waals surface area contributed by atoms with Gasteiger partial charge in [-0.05, 0) is 5.87 Å². The second-order valence-electron chi connectivity index (χ2n) is 2.48. The zero-order chi connectivity index (χ0) is 7.78. The van der Waals surface area contributed by atoms with Crippen molar-refractivity contribution in [2.45, 2.75) is 0 Å². The maximum absolute atomic E-state index is 11.1. The SMILES string of the molecule is C[N+]1(C)N=CC(=C=N)C1=O. The van der Waals surface area contributed by atoms with Gasteiger partial charge in [0.1, 0.15) is 20.3 Å². The Bertz CT molecular complexity index is 258. The Morgan fingerprint density at radius 2 is 2.30 bits per heavy atom. The Morgan fingerprint density at radius 3 is 2.50 bits per heavy atom. The second kappa shape index (κ2) is 1.87. The normalized spacial score (nSPS) is 21.4. The smallest absolute Gasteiger partial charge is 0.258 e. The zero-order valence-electron chi connectivity index (χ0n) is 5.88. The average Bonchev–Trinajstić information content (AvgIpc) is 2.10. The fraction of sp³-hybridized carbons (Fsp3) is 0.333. The van der Waals surface area contributed by atoms with Crippen LogP contribution in [0.4, 0.5) is 0 Å². The molecule has 4 nitrogen and oxygen atoms in total. The summed E-state index contributed by atoms with van der Waals surface area (Å²) >= 11 is 0. The first kappa shape index (κ1) is 6.86. The first-order valence-electron chi connectivity index (χ1n) is 2.82. The highest BCUT2D eigenvalue weighted by Gasteiger charge is 2.35. The maximum Gasteiger partial charge on any atom is 0.382 e. The summed E-state index contributed by atoms with van der Waals surface area (Å²) in [5.74, 6) is 1.84. The molecule has 0 aromatic heterocycles. The first-order valence-corrected chi connectivity index (χ1v) is 2.82. The molecule has 0 bridgehead atoms. The molecular formula is C6H8N3O+. The molecule has 10 heavy (non-hydrogen) atoms. The van der Waals surface area contributed by atoms with Crippen molar-refractivity contribution >= 4 is 18.0 Å². The van der Waals surface area contributed by atoms with Crippen LogP contribution in [-0.4, -0.2) is 36.7 Å². The Morgan fingerprint density at radius 1 is 1.70 bits per heavy atom. The number of rotatable bonds is 0. The monoisotopic (exact) mass is 138 g/mol. The van der Waals surface area contributed by atoms with Crippen LogP contribution in [0.2, 0.25) is 0 Å². The summed E-state index contributed by atoms with van der Waals surface area (Å²) in [5, 5.41) is 10.5. The summed E-state index contributed by atoms with van der Waals surface area (Å²) in [6, 6.07) is 0. The van der Waals surface area contributed by atoms with E-state index in [4.69, 9.17) is 5.41 Å². The van der Waals surface area contributed by atoms with Crippen molar-refractivity contribution < 1.29 is 9.39 Å². The van der Waals surface area contributed by atoms with Gasteiger partial charge >= 0.3 is 5.91 Å². The quantitative estimate of drug-likeness (QED) is 0.280. The molecular weight excluding hydrogens is 130 g/mol. The lowest BCUT2D eigenvalue weighted by Crippen LogP contribution is -2.36. The van der Waals surface area contributed by atoms with E-state index in [9.17, 15) is 4.79 Å². The molecule has 0 radical (unpaired) electrons. The van der Waals surface area contributed by atoms with E-state index >= 15 is 0 Å². The lowest BCUT2D eigenvalue weighted by molar-refractivity contribution is -0.814. The van der Waals surface area contributed by atoms with E-state index in [2.05, 4.69) is 5.10 Å². The van der Waals surface area contributed by atoms with Crippen LogP contribution in [0.3, 0.4) is 0 Å². The Balaban J connectivity index is 3.11. The van der Waals surface area contributed by atoms with Crippen LogP contribution >= 0.6 is 0 Å². The molecule has 0 fully saturated rings. The van der Waals surface area contributed by atoms with Gasteiger partial charge in [-0.3, -0.25) is 5.41 Å². The first-order chi connectivity index (χ1) is 4.58. The summed E-state index contributed by atoms with van der Waals surface area (Å²) in [6.07, 6.45) is 1.37. The number of likely N-dealkylation sites (N-methyl/N-ethyl adjacent to an activating group) is 1. The molecule has 1 aliphatic heterocycles. The van der Waals surface area contributed by atoms with E-state index in [0.29, 0.717) is 0 Å². The molecule has 0 saturated heterocycles. The third-order valence-electron chi connectivity index (χ3n) is 1.34. The summed E-state index contributed by atoms with van der Waals surface area (Å²) < 4.78 is -0.0544. The molecule has 0 aliphatic carbocycles. The lowest BCUT2D eigenvalue weighted by atomic mass is 10.3. The molecule has 4 heteroatoms. The van der Waals surface area contributed by atoms with Crippen molar-refractivity contribution in [3.8, 4) is 0 Å². The number of amides is 1. The Hall–Kier alpha value is -1.25. The number of nitrogens with zero attached hydrogens (tertiary/aromatic N) is 2. The minimum Gasteiger partial charge on any atom is -0.258 e. The molecule has 0 aromatic rings. The molecule has 0 spiro atoms. The summed E-state index contributed by atoms with van der Waals surface area (Å²) in [6.45, 7) is 0. The highest BCUT2D eigenvalue weighted by Crippen LogP contribution is 2.11. The highest BCUT2D eigenvalue weighted by atomic mass is 16.2. The van der Waals surface area contributed by atoms with Crippen LogP contribution in [0.15, 0.2) is 10.7 Å². The fourth-order valence-electron chi connectivity index (χ4n) is 0.690. The van der Waals surface area contributed by atoms with Crippen LogP contribution < -0.4 is 0 Å². The van der Waals surface area contributed by atoms with Crippen molar-refractivity contribution in [1.29, 1.82) is 5.41 Å². The van der Waals surface area contributed by atoms with Crippen LogP contribution in [0.25, 0.3) is 0 Å². The predicted molar refractivity (Wildman–Crippen MR) is 36.8 cm³/mol. The van der Waals surface area contributed by atoms with E-state index in [1.54, 1.807) is 14.1 Å². The van der Waals surface area contributed by atoms with Gasteiger partial charge in [0.2, 0.25) is 0 Å². The van der Waals surface area contributed by atoms with Crippen molar-refractivity contribution in [2.75, 3.05) is 14.1 Å².